The van der Waals surface area contributed by atoms with Crippen molar-refractivity contribution in [1.29, 1.82) is 0 Å². The van der Waals surface area contributed by atoms with Crippen LogP contribution < -0.4 is 4.74 Å². The first-order valence-corrected chi connectivity index (χ1v) is 3.94. The lowest BCUT2D eigenvalue weighted by molar-refractivity contribution is 0.327. The van der Waals surface area contributed by atoms with Gasteiger partial charge in [-0.15, -0.1) is 0 Å². The summed E-state index contributed by atoms with van der Waals surface area (Å²) in [6.07, 6.45) is 1.83. The molecule has 0 fully saturated rings. The summed E-state index contributed by atoms with van der Waals surface area (Å²) in [5, 5.41) is 1.18. The van der Waals surface area contributed by atoms with Gasteiger partial charge in [0.05, 0.1) is 5.52 Å². The van der Waals surface area contributed by atoms with Crippen molar-refractivity contribution in [3.05, 3.63) is 36.0 Å². The molecule has 1 aliphatic rings. The fraction of sp³-hybridized carbons (Fsp3) is 0.100. The van der Waals surface area contributed by atoms with E-state index in [9.17, 15) is 0 Å². The maximum Gasteiger partial charge on any atom is 0.129 e. The van der Waals surface area contributed by atoms with Crippen LogP contribution in [0.1, 0.15) is 5.56 Å². The van der Waals surface area contributed by atoms with E-state index in [1.165, 1.54) is 10.9 Å². The summed E-state index contributed by atoms with van der Waals surface area (Å²) < 4.78 is 5.47. The summed E-state index contributed by atoms with van der Waals surface area (Å²) in [7, 11) is 0. The molecule has 1 aromatic carbocycles. The van der Waals surface area contributed by atoms with E-state index in [0.29, 0.717) is 6.61 Å². The van der Waals surface area contributed by atoms with Crippen molar-refractivity contribution in [3.63, 3.8) is 0 Å². The average Bonchev–Trinajstić information content (AvgIpc) is 2.52. The van der Waals surface area contributed by atoms with Crippen LogP contribution in [-0.4, -0.2) is 4.98 Å². The van der Waals surface area contributed by atoms with Gasteiger partial charge in [-0.05, 0) is 18.2 Å². The highest BCUT2D eigenvalue weighted by Crippen LogP contribution is 2.33. The molecule has 2 heteroatoms. The number of pyridine rings is 1. The number of hydrogen-bond acceptors (Lipinski definition) is 2. The first kappa shape index (κ1) is 6.00. The van der Waals surface area contributed by atoms with Gasteiger partial charge in [-0.2, -0.15) is 0 Å². The number of aromatic nitrogens is 1. The lowest BCUT2D eigenvalue weighted by atomic mass is 10.1. The summed E-state index contributed by atoms with van der Waals surface area (Å²) in [6.45, 7) is 0.693. The summed E-state index contributed by atoms with van der Waals surface area (Å²) >= 11 is 0. The van der Waals surface area contributed by atoms with E-state index in [2.05, 4.69) is 4.98 Å². The van der Waals surface area contributed by atoms with E-state index in [1.807, 2.05) is 30.5 Å². The fourth-order valence-corrected chi connectivity index (χ4v) is 1.64. The molecule has 0 amide bonds. The van der Waals surface area contributed by atoms with Gasteiger partial charge in [0.25, 0.3) is 0 Å². The summed E-state index contributed by atoms with van der Waals surface area (Å²) in [4.78, 5) is 4.26. The number of hydrogen-bond donors (Lipinski definition) is 0. The highest BCUT2D eigenvalue weighted by Gasteiger charge is 2.14. The van der Waals surface area contributed by atoms with Crippen LogP contribution in [-0.2, 0) is 6.61 Å². The maximum atomic E-state index is 5.47. The third kappa shape index (κ3) is 0.619. The number of rotatable bonds is 0. The lowest BCUT2D eigenvalue weighted by Crippen LogP contribution is -1.83. The van der Waals surface area contributed by atoms with Gasteiger partial charge in [0.2, 0.25) is 0 Å². The van der Waals surface area contributed by atoms with E-state index >= 15 is 0 Å². The van der Waals surface area contributed by atoms with Crippen LogP contribution in [0.2, 0.25) is 0 Å². The van der Waals surface area contributed by atoms with Crippen LogP contribution >= 0.6 is 0 Å². The molecule has 12 heavy (non-hydrogen) atoms. The van der Waals surface area contributed by atoms with Crippen LogP contribution in [0.4, 0.5) is 0 Å². The molecule has 1 aliphatic heterocycles. The first-order valence-electron chi connectivity index (χ1n) is 3.94. The Hall–Kier alpha value is -1.57. The molecule has 0 atom stereocenters. The average molecular weight is 157 g/mol. The van der Waals surface area contributed by atoms with Crippen molar-refractivity contribution in [1.82, 2.24) is 4.98 Å². The van der Waals surface area contributed by atoms with E-state index in [4.69, 9.17) is 4.74 Å². The Morgan fingerprint density at radius 2 is 2.25 bits per heavy atom. The highest BCUT2D eigenvalue weighted by atomic mass is 16.5. The van der Waals surface area contributed by atoms with Crippen molar-refractivity contribution >= 4 is 10.9 Å². The van der Waals surface area contributed by atoms with E-state index in [-0.39, 0.29) is 0 Å². The number of nitrogens with zero attached hydrogens (tertiary/aromatic N) is 1. The van der Waals surface area contributed by atoms with Crippen LogP contribution in [0.3, 0.4) is 0 Å². The molecule has 0 saturated carbocycles. The van der Waals surface area contributed by atoms with Crippen molar-refractivity contribution in [2.45, 2.75) is 6.61 Å². The molecule has 2 nitrogen and oxygen atoms in total. The monoisotopic (exact) mass is 157 g/mol. The van der Waals surface area contributed by atoms with Crippen molar-refractivity contribution in [3.8, 4) is 5.75 Å². The third-order valence-electron chi connectivity index (χ3n) is 2.20. The molecular weight excluding hydrogens is 150 g/mol. The molecule has 2 aromatic rings. The summed E-state index contributed by atoms with van der Waals surface area (Å²) in [5.74, 6) is 0.968. The van der Waals surface area contributed by atoms with Gasteiger partial charge in [-0.3, -0.25) is 4.98 Å². The molecule has 0 N–H and O–H groups in total. The van der Waals surface area contributed by atoms with E-state index in [1.54, 1.807) is 0 Å². The quantitative estimate of drug-likeness (QED) is 0.584. The van der Waals surface area contributed by atoms with E-state index < -0.39 is 0 Å². The first-order chi connectivity index (χ1) is 5.95. The van der Waals surface area contributed by atoms with Crippen molar-refractivity contribution in [2.75, 3.05) is 0 Å². The van der Waals surface area contributed by atoms with Gasteiger partial charge in [0.15, 0.2) is 0 Å². The van der Waals surface area contributed by atoms with Gasteiger partial charge >= 0.3 is 0 Å². The van der Waals surface area contributed by atoms with Crippen LogP contribution in [0, 0.1) is 0 Å². The molecular formula is C10H7NO. The van der Waals surface area contributed by atoms with Gasteiger partial charge in [-0.1, -0.05) is 6.07 Å². The molecule has 0 aliphatic carbocycles. The minimum Gasteiger partial charge on any atom is -0.488 e. The van der Waals surface area contributed by atoms with Crippen LogP contribution in [0.25, 0.3) is 10.9 Å². The second-order valence-corrected chi connectivity index (χ2v) is 2.91. The fourth-order valence-electron chi connectivity index (χ4n) is 1.64. The Labute approximate surface area is 69.8 Å². The van der Waals surface area contributed by atoms with E-state index in [0.717, 1.165) is 11.3 Å². The Morgan fingerprint density at radius 1 is 1.25 bits per heavy atom. The molecule has 2 heterocycles. The molecule has 0 saturated heterocycles. The minimum atomic E-state index is 0.693. The second kappa shape index (κ2) is 1.97. The topological polar surface area (TPSA) is 22.1 Å². The minimum absolute atomic E-state index is 0.693. The molecule has 58 valence electrons. The standard InChI is InChI=1S/C10H7NO/c1-2-8-10-7(4-5-11-8)6-12-9(10)3-1/h1-5H,6H2. The van der Waals surface area contributed by atoms with Gasteiger partial charge < -0.3 is 4.74 Å². The van der Waals surface area contributed by atoms with Gasteiger partial charge in [-0.25, -0.2) is 0 Å². The highest BCUT2D eigenvalue weighted by molar-refractivity contribution is 5.89. The Bertz CT molecular complexity index is 412. The van der Waals surface area contributed by atoms with Crippen molar-refractivity contribution in [2.24, 2.45) is 0 Å². The third-order valence-corrected chi connectivity index (χ3v) is 2.20. The summed E-state index contributed by atoms with van der Waals surface area (Å²) in [5.41, 5.74) is 2.28. The lowest BCUT2D eigenvalue weighted by Gasteiger charge is -1.96. The molecule has 0 unspecified atom stereocenters. The Balaban J connectivity index is 2.58. The normalized spacial score (nSPS) is 13.3. The van der Waals surface area contributed by atoms with Crippen LogP contribution in [0.5, 0.6) is 5.75 Å². The SMILES string of the molecule is c1cc2c3c(ccnc3c1)CO2. The maximum absolute atomic E-state index is 5.47. The smallest absolute Gasteiger partial charge is 0.129 e. The van der Waals surface area contributed by atoms with Gasteiger partial charge in [0, 0.05) is 17.1 Å². The van der Waals surface area contributed by atoms with Gasteiger partial charge in [0.1, 0.15) is 12.4 Å². The molecule has 0 bridgehead atoms. The molecule has 0 spiro atoms. The number of benzene rings is 1. The molecule has 3 rings (SSSR count). The van der Waals surface area contributed by atoms with Crippen LogP contribution in [0.15, 0.2) is 30.5 Å². The zero-order valence-electron chi connectivity index (χ0n) is 6.45. The summed E-state index contributed by atoms with van der Waals surface area (Å²) in [6, 6.07) is 7.98. The Morgan fingerprint density at radius 3 is 3.25 bits per heavy atom. The molecule has 0 radical (unpaired) electrons. The second-order valence-electron chi connectivity index (χ2n) is 2.91. The zero-order chi connectivity index (χ0) is 7.97. The number of ether oxygens (including phenoxy) is 1. The predicted molar refractivity (Wildman–Crippen MR) is 46.1 cm³/mol. The predicted octanol–water partition coefficient (Wildman–Crippen LogP) is 2.13. The zero-order valence-corrected chi connectivity index (χ0v) is 6.45. The van der Waals surface area contributed by atoms with Crippen molar-refractivity contribution < 1.29 is 4.74 Å². The largest absolute Gasteiger partial charge is 0.488 e. The Kier molecular flexibility index (Phi) is 0.987. The molecule has 1 aromatic heterocycles.